The molecule has 178 valence electrons. The number of carbonyl (C=O) groups excluding carboxylic acids is 1. The highest BCUT2D eigenvalue weighted by atomic mass is 19.4. The molecule has 5 nitrogen and oxygen atoms in total. The fraction of sp³-hybridized carbons (Fsp3) is 0.333. The maximum atomic E-state index is 14.0. The number of hydrogen-bond acceptors (Lipinski definition) is 4. The van der Waals surface area contributed by atoms with Crippen LogP contribution in [0.1, 0.15) is 24.2 Å². The van der Waals surface area contributed by atoms with E-state index in [1.54, 1.807) is 35.6 Å². The molecule has 0 bridgehead atoms. The van der Waals surface area contributed by atoms with Crippen LogP contribution in [0.5, 0.6) is 0 Å². The summed E-state index contributed by atoms with van der Waals surface area (Å²) in [6.45, 7) is 1.41. The summed E-state index contributed by atoms with van der Waals surface area (Å²) in [5, 5.41) is 1.68. The molecule has 1 heterocycles. The number of alkyl halides is 6. The molecule has 1 N–H and O–H groups in total. The van der Waals surface area contributed by atoms with Crippen LogP contribution in [0.15, 0.2) is 59.6 Å². The summed E-state index contributed by atoms with van der Waals surface area (Å²) in [4.78, 5) is 15.9. The number of halogens is 7. The van der Waals surface area contributed by atoms with Crippen molar-refractivity contribution in [1.82, 2.24) is 10.2 Å². The van der Waals surface area contributed by atoms with E-state index < -0.39 is 47.9 Å². The van der Waals surface area contributed by atoms with E-state index in [-0.39, 0.29) is 5.56 Å². The third-order valence-electron chi connectivity index (χ3n) is 5.17. The number of rotatable bonds is 4. The van der Waals surface area contributed by atoms with E-state index in [0.717, 1.165) is 31.3 Å². The molecule has 0 aromatic heterocycles. The fourth-order valence-corrected chi connectivity index (χ4v) is 3.47. The molecule has 0 spiro atoms. The molecular formula is C21H18F7N3O2. The maximum absolute atomic E-state index is 14.0. The molecule has 2 aromatic carbocycles. The highest BCUT2D eigenvalue weighted by molar-refractivity contribution is 6.01. The molecule has 12 heteroatoms. The van der Waals surface area contributed by atoms with Gasteiger partial charge in [-0.2, -0.15) is 26.3 Å². The van der Waals surface area contributed by atoms with Crippen molar-refractivity contribution in [3.05, 3.63) is 71.5 Å². The highest BCUT2D eigenvalue weighted by Gasteiger charge is 2.79. The van der Waals surface area contributed by atoms with E-state index in [1.165, 1.54) is 6.92 Å². The van der Waals surface area contributed by atoms with E-state index in [2.05, 4.69) is 4.99 Å². The van der Waals surface area contributed by atoms with Gasteiger partial charge < -0.3 is 9.64 Å². The number of nitrogens with one attached hydrogen (secondary N) is 1. The largest absolute Gasteiger partial charge is 0.442 e. The second-order valence-electron chi connectivity index (χ2n) is 7.32. The fourth-order valence-electron chi connectivity index (χ4n) is 3.47. The third kappa shape index (κ3) is 4.46. The zero-order valence-corrected chi connectivity index (χ0v) is 17.2. The number of aliphatic imine (C=N–C) groups is 1. The summed E-state index contributed by atoms with van der Waals surface area (Å²) in [6.07, 6.45) is -17.1. The van der Waals surface area contributed by atoms with Crippen LogP contribution in [0.3, 0.4) is 0 Å². The lowest BCUT2D eigenvalue weighted by molar-refractivity contribution is -0.304. The summed E-state index contributed by atoms with van der Waals surface area (Å²) >= 11 is 0. The van der Waals surface area contributed by atoms with Gasteiger partial charge in [0.2, 0.25) is 0 Å². The highest BCUT2D eigenvalue weighted by Crippen LogP contribution is 2.51. The number of alkyl carbamates (subject to hydrolysis) is 1. The van der Waals surface area contributed by atoms with Crippen LogP contribution in [0.4, 0.5) is 35.5 Å². The van der Waals surface area contributed by atoms with Gasteiger partial charge in [-0.1, -0.05) is 30.3 Å². The molecule has 0 fully saturated rings. The number of benzene rings is 2. The summed E-state index contributed by atoms with van der Waals surface area (Å²) in [6, 6.07) is 11.8. The number of likely N-dealkylation sites (N-methyl/N-ethyl adjacent to an activating group) is 1. The number of carbonyl (C=O) groups is 1. The summed E-state index contributed by atoms with van der Waals surface area (Å²) < 4.78 is 102. The van der Waals surface area contributed by atoms with E-state index in [0.29, 0.717) is 10.5 Å². The zero-order valence-electron chi connectivity index (χ0n) is 17.2. The molecule has 1 amide bonds. The summed E-state index contributed by atoms with van der Waals surface area (Å²) in [7, 11) is 0.910. The molecule has 0 unspecified atom stereocenters. The molecule has 33 heavy (non-hydrogen) atoms. The van der Waals surface area contributed by atoms with E-state index in [9.17, 15) is 35.5 Å². The van der Waals surface area contributed by atoms with Gasteiger partial charge in [0.15, 0.2) is 0 Å². The van der Waals surface area contributed by atoms with Gasteiger partial charge in [-0.05, 0) is 36.8 Å². The Bertz CT molecular complexity index is 1010. The third-order valence-corrected chi connectivity index (χ3v) is 5.17. The van der Waals surface area contributed by atoms with Crippen molar-refractivity contribution < 1.29 is 40.3 Å². The summed E-state index contributed by atoms with van der Waals surface area (Å²) in [5.41, 5.74) is -4.41. The predicted molar refractivity (Wildman–Crippen MR) is 104 cm³/mol. The van der Waals surface area contributed by atoms with E-state index in [4.69, 9.17) is 4.74 Å². The van der Waals surface area contributed by atoms with Crippen molar-refractivity contribution in [1.29, 1.82) is 0 Å². The molecule has 2 atom stereocenters. The van der Waals surface area contributed by atoms with Crippen molar-refractivity contribution in [2.75, 3.05) is 7.05 Å². The first-order valence-corrected chi connectivity index (χ1v) is 9.52. The average Bonchev–Trinajstić information content (AvgIpc) is 3.02. The zero-order chi connectivity index (χ0) is 24.6. The molecule has 2 aromatic rings. The first kappa shape index (κ1) is 24.3. The minimum atomic E-state index is -5.94. The monoisotopic (exact) mass is 477 g/mol. The van der Waals surface area contributed by atoms with E-state index in [1.807, 2.05) is 0 Å². The first-order chi connectivity index (χ1) is 15.3. The van der Waals surface area contributed by atoms with Crippen LogP contribution in [-0.2, 0) is 4.74 Å². The second kappa shape index (κ2) is 8.56. The molecule has 3 rings (SSSR count). The minimum Gasteiger partial charge on any atom is -0.442 e. The maximum Gasteiger partial charge on any atom is 0.426 e. The standard InChI is InChI=1S/C21H18F7N3O2/c1-12(13-6-4-3-5-7-13)33-18(32)29-17-19(20(23,24)25,21(26,27)28)30-16(31(17)2)14-8-10-15(22)11-9-14/h3-12,17H,1-2H3,(H,29,32)/t12-,17-/m1/s1. The Labute approximate surface area is 183 Å². The number of hydrogen-bond donors (Lipinski definition) is 1. The van der Waals surface area contributed by atoms with Crippen LogP contribution in [0.25, 0.3) is 0 Å². The topological polar surface area (TPSA) is 53.9 Å². The quantitative estimate of drug-likeness (QED) is 0.617. The van der Waals surface area contributed by atoms with Gasteiger partial charge in [-0.3, -0.25) is 5.32 Å². The molecule has 0 aliphatic carbocycles. The minimum absolute atomic E-state index is 0.202. The number of nitrogens with zero attached hydrogens (tertiary/aromatic N) is 2. The van der Waals surface area contributed by atoms with Gasteiger partial charge >= 0.3 is 18.4 Å². The first-order valence-electron chi connectivity index (χ1n) is 9.52. The molecule has 1 aliphatic rings. The normalized spacial score (nSPS) is 19.1. The lowest BCUT2D eigenvalue weighted by Gasteiger charge is -2.38. The van der Waals surface area contributed by atoms with Crippen molar-refractivity contribution in [2.24, 2.45) is 4.99 Å². The lowest BCUT2D eigenvalue weighted by Crippen LogP contribution is -2.68. The number of amidine groups is 1. The Morgan fingerprint density at radius 1 is 1.03 bits per heavy atom. The second-order valence-corrected chi connectivity index (χ2v) is 7.32. The van der Waals surface area contributed by atoms with Gasteiger partial charge in [0.05, 0.1) is 0 Å². The predicted octanol–water partition coefficient (Wildman–Crippen LogP) is 5.19. The Morgan fingerprint density at radius 2 is 1.58 bits per heavy atom. The van der Waals surface area contributed by atoms with Crippen molar-refractivity contribution in [3.8, 4) is 0 Å². The summed E-state index contributed by atoms with van der Waals surface area (Å²) in [5.74, 6) is -1.47. The Balaban J connectivity index is 1.99. The van der Waals surface area contributed by atoms with E-state index >= 15 is 0 Å². The molecule has 0 saturated heterocycles. The number of ether oxygens (including phenoxy) is 1. The van der Waals surface area contributed by atoms with Crippen LogP contribution in [-0.4, -0.2) is 47.9 Å². The van der Waals surface area contributed by atoms with Crippen LogP contribution in [0, 0.1) is 5.82 Å². The SMILES string of the molecule is C[C@@H](OC(=O)N[C@@H]1N(C)C(c2ccc(F)cc2)=NC1(C(F)(F)F)C(F)(F)F)c1ccccc1. The van der Waals surface area contributed by atoms with Gasteiger partial charge in [0, 0.05) is 12.6 Å². The molecule has 1 aliphatic heterocycles. The van der Waals surface area contributed by atoms with Gasteiger partial charge in [0.1, 0.15) is 23.9 Å². The van der Waals surface area contributed by atoms with Crippen LogP contribution >= 0.6 is 0 Å². The Hall–Kier alpha value is -3.31. The van der Waals surface area contributed by atoms with Crippen molar-refractivity contribution in [2.45, 2.75) is 37.1 Å². The number of amides is 1. The smallest absolute Gasteiger partial charge is 0.426 e. The average molecular weight is 477 g/mol. The molecule has 0 radical (unpaired) electrons. The van der Waals surface area contributed by atoms with Crippen molar-refractivity contribution >= 4 is 11.9 Å². The van der Waals surface area contributed by atoms with Crippen LogP contribution in [0.2, 0.25) is 0 Å². The molecule has 0 saturated carbocycles. The lowest BCUT2D eigenvalue weighted by atomic mass is 9.95. The van der Waals surface area contributed by atoms with Gasteiger partial charge in [-0.25, -0.2) is 14.2 Å². The molecular weight excluding hydrogens is 459 g/mol. The van der Waals surface area contributed by atoms with Crippen molar-refractivity contribution in [3.63, 3.8) is 0 Å². The Kier molecular flexibility index (Phi) is 6.31. The van der Waals surface area contributed by atoms with Crippen LogP contribution < -0.4 is 5.32 Å². The Morgan fingerprint density at radius 3 is 2.09 bits per heavy atom. The van der Waals surface area contributed by atoms with Gasteiger partial charge in [-0.15, -0.1) is 0 Å². The van der Waals surface area contributed by atoms with Gasteiger partial charge in [0.25, 0.3) is 5.54 Å².